The number of carbonyl (C=O) groups excluding carboxylic acids is 3. The summed E-state index contributed by atoms with van der Waals surface area (Å²) in [4.78, 5) is 44.2. The molecular weight excluding hydrogens is 563 g/mol. The summed E-state index contributed by atoms with van der Waals surface area (Å²) in [6, 6.07) is 23.3. The van der Waals surface area contributed by atoms with Crippen LogP contribution in [0.3, 0.4) is 0 Å². The molecule has 6 rings (SSSR count). The first-order chi connectivity index (χ1) is 21.2. The van der Waals surface area contributed by atoms with Gasteiger partial charge < -0.3 is 26.0 Å². The molecule has 0 radical (unpaired) electrons. The molecule has 4 aromatic rings. The fourth-order valence-corrected chi connectivity index (χ4v) is 6.05. The Balaban J connectivity index is 1.28. The number of halogens is 1. The highest BCUT2D eigenvalue weighted by molar-refractivity contribution is 5.92. The van der Waals surface area contributed by atoms with E-state index >= 15 is 0 Å². The number of phenols is 1. The van der Waals surface area contributed by atoms with E-state index in [4.69, 9.17) is 5.73 Å². The van der Waals surface area contributed by atoms with Crippen LogP contribution < -0.4 is 11.1 Å². The number of carbonyl (C=O) groups is 3. The summed E-state index contributed by atoms with van der Waals surface area (Å²) >= 11 is 0. The lowest BCUT2D eigenvalue weighted by atomic mass is 9.98. The number of nitrogens with two attached hydrogens (primary N) is 1. The van der Waals surface area contributed by atoms with Gasteiger partial charge in [0.2, 0.25) is 11.8 Å². The molecule has 44 heavy (non-hydrogen) atoms. The molecular formula is C33H33FN6O4. The molecule has 0 aromatic heterocycles. The van der Waals surface area contributed by atoms with E-state index in [0.29, 0.717) is 12.1 Å². The van der Waals surface area contributed by atoms with Gasteiger partial charge in [-0.25, -0.2) is 9.18 Å². The predicted molar refractivity (Wildman–Crippen MR) is 163 cm³/mol. The lowest BCUT2D eigenvalue weighted by molar-refractivity contribution is -0.157. The van der Waals surface area contributed by atoms with Crippen molar-refractivity contribution in [2.75, 3.05) is 25.9 Å². The van der Waals surface area contributed by atoms with E-state index in [1.807, 2.05) is 42.5 Å². The topological polar surface area (TPSA) is 122 Å². The second kappa shape index (κ2) is 11.8. The number of rotatable bonds is 7. The number of nitrogens with one attached hydrogen (secondary N) is 1. The van der Waals surface area contributed by atoms with Crippen molar-refractivity contribution >= 4 is 34.3 Å². The highest BCUT2D eigenvalue weighted by atomic mass is 19.1. The second-order valence-corrected chi connectivity index (χ2v) is 11.2. The van der Waals surface area contributed by atoms with Crippen molar-refractivity contribution in [1.82, 2.24) is 25.1 Å². The van der Waals surface area contributed by atoms with Crippen LogP contribution in [0.15, 0.2) is 84.9 Å². The molecule has 2 heterocycles. The van der Waals surface area contributed by atoms with Gasteiger partial charge in [0.05, 0.1) is 18.8 Å². The molecule has 10 nitrogen and oxygen atoms in total. The lowest BCUT2D eigenvalue weighted by Crippen LogP contribution is -2.65. The Labute approximate surface area is 254 Å². The zero-order chi connectivity index (χ0) is 31.0. The molecule has 226 valence electrons. The van der Waals surface area contributed by atoms with Crippen molar-refractivity contribution in [3.8, 4) is 5.75 Å². The van der Waals surface area contributed by atoms with Gasteiger partial charge in [-0.2, -0.15) is 5.01 Å². The van der Waals surface area contributed by atoms with Crippen LogP contribution in [-0.2, 0) is 29.1 Å². The van der Waals surface area contributed by atoms with Gasteiger partial charge in [0.15, 0.2) is 0 Å². The van der Waals surface area contributed by atoms with Crippen LogP contribution in [0.2, 0.25) is 0 Å². The van der Waals surface area contributed by atoms with Gasteiger partial charge in [0, 0.05) is 26.6 Å². The molecule has 0 unspecified atom stereocenters. The third-order valence-corrected chi connectivity index (χ3v) is 8.36. The average molecular weight is 597 g/mol. The molecule has 4 amide bonds. The molecule has 0 aliphatic carbocycles. The summed E-state index contributed by atoms with van der Waals surface area (Å²) in [6.07, 6.45) is -0.414. The molecule has 0 saturated carbocycles. The third kappa shape index (κ3) is 5.61. The van der Waals surface area contributed by atoms with Gasteiger partial charge in [0.25, 0.3) is 0 Å². The Morgan fingerprint density at radius 2 is 1.75 bits per heavy atom. The maximum absolute atomic E-state index is 14.1. The fraction of sp³-hybridized carbons (Fsp3) is 0.242. The van der Waals surface area contributed by atoms with Gasteiger partial charge in [-0.1, -0.05) is 60.7 Å². The van der Waals surface area contributed by atoms with E-state index in [2.05, 4.69) is 5.32 Å². The Hall–Kier alpha value is -5.16. The third-order valence-electron chi connectivity index (χ3n) is 8.36. The summed E-state index contributed by atoms with van der Waals surface area (Å²) in [7, 11) is 1.58. The zero-order valence-electron chi connectivity index (χ0n) is 24.2. The zero-order valence-corrected chi connectivity index (χ0v) is 24.2. The largest absolute Gasteiger partial charge is 0.506 e. The summed E-state index contributed by atoms with van der Waals surface area (Å²) in [5, 5.41) is 17.9. The number of fused-ring (bicyclic) bond motifs is 2. The van der Waals surface area contributed by atoms with Gasteiger partial charge in [-0.15, -0.1) is 0 Å². The number of nitrogens with zero attached hydrogens (tertiary/aromatic N) is 4. The Morgan fingerprint density at radius 3 is 2.52 bits per heavy atom. The Bertz CT molecular complexity index is 1730. The van der Waals surface area contributed by atoms with Crippen molar-refractivity contribution in [2.24, 2.45) is 0 Å². The highest BCUT2D eigenvalue weighted by Crippen LogP contribution is 2.32. The van der Waals surface area contributed by atoms with Crippen LogP contribution in [0.4, 0.5) is 14.9 Å². The summed E-state index contributed by atoms with van der Waals surface area (Å²) in [6.45, 7) is 0.601. The second-order valence-electron chi connectivity index (χ2n) is 11.2. The molecule has 0 spiro atoms. The molecule has 2 fully saturated rings. The van der Waals surface area contributed by atoms with Gasteiger partial charge in [0.1, 0.15) is 23.8 Å². The van der Waals surface area contributed by atoms with E-state index in [-0.39, 0.29) is 55.1 Å². The lowest BCUT2D eigenvalue weighted by Gasteiger charge is -2.46. The molecule has 2 saturated heterocycles. The van der Waals surface area contributed by atoms with Crippen LogP contribution in [0.25, 0.3) is 10.8 Å². The van der Waals surface area contributed by atoms with E-state index in [9.17, 15) is 23.9 Å². The predicted octanol–water partition coefficient (Wildman–Crippen LogP) is 3.45. The monoisotopic (exact) mass is 596 g/mol. The van der Waals surface area contributed by atoms with Crippen molar-refractivity contribution in [3.63, 3.8) is 0 Å². The number of hydrogen-bond donors (Lipinski definition) is 3. The number of benzene rings is 4. The maximum atomic E-state index is 14.1. The number of phenolic OH excluding ortho intramolecular Hbond substituents is 1. The molecule has 11 heteroatoms. The van der Waals surface area contributed by atoms with Crippen LogP contribution in [0.5, 0.6) is 5.75 Å². The minimum absolute atomic E-state index is 0.0594. The van der Waals surface area contributed by atoms with Gasteiger partial charge in [-0.05, 0) is 51.7 Å². The van der Waals surface area contributed by atoms with E-state index in [1.54, 1.807) is 46.1 Å². The van der Waals surface area contributed by atoms with E-state index in [0.717, 1.165) is 21.9 Å². The quantitative estimate of drug-likeness (QED) is 0.222. The number of amides is 4. The standard InChI is InChI=1S/C33H33FN6O4/c1-37(33(44)36-17-21-9-12-25(34)13-10-21)39-20-31(42)40-28(16-22-11-14-29(41)27(35)15-22)32(43)38(19-30(39)40)18-24-7-4-6-23-5-2-3-8-26(23)24/h2-15,28,30,41H,16-20,35H2,1H3,(H,36,44)/t28-,30+/m0/s1. The number of piperazine rings is 1. The number of anilines is 1. The highest BCUT2D eigenvalue weighted by Gasteiger charge is 2.51. The SMILES string of the molecule is CN(C(=O)NCc1ccc(F)cc1)N1CC(=O)N2[C@@H](Cc3ccc(O)c(N)c3)C(=O)N(Cc3cccc4ccccc34)C[C@@H]21. The van der Waals surface area contributed by atoms with Crippen molar-refractivity contribution in [1.29, 1.82) is 0 Å². The molecule has 2 aliphatic rings. The van der Waals surface area contributed by atoms with E-state index < -0.39 is 18.2 Å². The van der Waals surface area contributed by atoms with Gasteiger partial charge in [-0.3, -0.25) is 14.6 Å². The number of nitrogen functional groups attached to an aromatic ring is 1. The van der Waals surface area contributed by atoms with Crippen molar-refractivity contribution < 1.29 is 23.9 Å². The van der Waals surface area contributed by atoms with Crippen molar-refractivity contribution in [3.05, 3.63) is 107 Å². The van der Waals surface area contributed by atoms with Crippen LogP contribution in [0.1, 0.15) is 16.7 Å². The summed E-state index contributed by atoms with van der Waals surface area (Å²) in [5.41, 5.74) is 8.52. The normalized spacial score (nSPS) is 18.5. The van der Waals surface area contributed by atoms with E-state index in [1.165, 1.54) is 23.2 Å². The van der Waals surface area contributed by atoms with Crippen molar-refractivity contribution in [2.45, 2.75) is 31.7 Å². The summed E-state index contributed by atoms with van der Waals surface area (Å²) < 4.78 is 13.3. The molecule has 2 atom stereocenters. The minimum atomic E-state index is -0.846. The molecule has 0 bridgehead atoms. The van der Waals surface area contributed by atoms with Gasteiger partial charge >= 0.3 is 6.03 Å². The fourth-order valence-electron chi connectivity index (χ4n) is 6.05. The number of hydrazine groups is 1. The first kappa shape index (κ1) is 28.9. The minimum Gasteiger partial charge on any atom is -0.506 e. The first-order valence-electron chi connectivity index (χ1n) is 14.4. The number of aromatic hydroxyl groups is 1. The van der Waals surface area contributed by atoms with Crippen LogP contribution in [0, 0.1) is 5.82 Å². The van der Waals surface area contributed by atoms with Crippen LogP contribution in [-0.4, -0.2) is 75.1 Å². The number of hydrogen-bond acceptors (Lipinski definition) is 6. The molecule has 4 aromatic carbocycles. The smallest absolute Gasteiger partial charge is 0.332 e. The molecule has 4 N–H and O–H groups in total. The summed E-state index contributed by atoms with van der Waals surface area (Å²) in [5.74, 6) is -0.907. The Kier molecular flexibility index (Phi) is 7.79. The first-order valence-corrected chi connectivity index (χ1v) is 14.4. The average Bonchev–Trinajstić information content (AvgIpc) is 3.35. The molecule has 2 aliphatic heterocycles. The van der Waals surface area contributed by atoms with Crippen LogP contribution >= 0.6 is 0 Å². The Morgan fingerprint density at radius 1 is 1.02 bits per heavy atom. The maximum Gasteiger partial charge on any atom is 0.332 e. The number of urea groups is 1.